The van der Waals surface area contributed by atoms with Crippen molar-refractivity contribution in [2.45, 2.75) is 13.8 Å². The fourth-order valence-corrected chi connectivity index (χ4v) is 3.53. The number of carbonyl (C=O) groups is 2. The van der Waals surface area contributed by atoms with E-state index >= 15 is 0 Å². The number of aryl methyl sites for hydroxylation is 2. The highest BCUT2D eigenvalue weighted by Crippen LogP contribution is 2.25. The summed E-state index contributed by atoms with van der Waals surface area (Å²) in [7, 11) is 0. The van der Waals surface area contributed by atoms with E-state index in [0.717, 1.165) is 4.88 Å². The van der Waals surface area contributed by atoms with Gasteiger partial charge in [-0.25, -0.2) is 14.1 Å². The Hall–Kier alpha value is -3.79. The molecule has 3 heterocycles. The van der Waals surface area contributed by atoms with Crippen molar-refractivity contribution in [2.24, 2.45) is 0 Å². The third-order valence-electron chi connectivity index (χ3n) is 4.20. The van der Waals surface area contributed by atoms with Gasteiger partial charge in [-0.15, -0.1) is 16.4 Å². The number of nitrogens with one attached hydrogen (secondary N) is 2. The molecule has 2 N–H and O–H groups in total. The molecule has 3 aromatic heterocycles. The van der Waals surface area contributed by atoms with Crippen molar-refractivity contribution in [1.82, 2.24) is 25.6 Å². The van der Waals surface area contributed by atoms with Gasteiger partial charge in [0, 0.05) is 0 Å². The van der Waals surface area contributed by atoms with Crippen molar-refractivity contribution in [2.75, 3.05) is 0 Å². The molecule has 1 aromatic carbocycles. The number of rotatable bonds is 4. The van der Waals surface area contributed by atoms with Gasteiger partial charge >= 0.3 is 5.91 Å². The maximum atomic E-state index is 13.3. The zero-order chi connectivity index (χ0) is 21.3. The van der Waals surface area contributed by atoms with E-state index < -0.39 is 11.8 Å². The lowest BCUT2D eigenvalue weighted by Crippen LogP contribution is -2.42. The van der Waals surface area contributed by atoms with E-state index in [1.54, 1.807) is 19.9 Å². The van der Waals surface area contributed by atoms with Gasteiger partial charge in [-0.2, -0.15) is 0 Å². The van der Waals surface area contributed by atoms with Crippen molar-refractivity contribution in [1.29, 1.82) is 0 Å². The standard InChI is InChI=1S/C20H16FN5O3S/c1-11-10-15(12(2)29-11)19(27)23-24-20(28)17-22-18(16-4-3-9-30-16)26(25-17)14-7-5-13(21)6-8-14/h3-10H,1-2H3,(H,23,27)(H,24,28). The molecule has 0 aliphatic heterocycles. The molecule has 2 amide bonds. The molecule has 0 saturated heterocycles. The topological polar surface area (TPSA) is 102 Å². The smallest absolute Gasteiger partial charge is 0.309 e. The predicted octanol–water partition coefficient (Wildman–Crippen LogP) is 3.42. The van der Waals surface area contributed by atoms with E-state index in [9.17, 15) is 14.0 Å². The highest BCUT2D eigenvalue weighted by Gasteiger charge is 2.21. The Morgan fingerprint density at radius 2 is 1.83 bits per heavy atom. The molecule has 10 heteroatoms. The van der Waals surface area contributed by atoms with Crippen LogP contribution in [0.1, 0.15) is 32.5 Å². The van der Waals surface area contributed by atoms with Crippen molar-refractivity contribution in [3.8, 4) is 16.4 Å². The summed E-state index contributed by atoms with van der Waals surface area (Å²) in [6.07, 6.45) is 0. The van der Waals surface area contributed by atoms with Gasteiger partial charge in [0.1, 0.15) is 17.3 Å². The number of hydrogen-bond donors (Lipinski definition) is 2. The summed E-state index contributed by atoms with van der Waals surface area (Å²) in [4.78, 5) is 29.9. The van der Waals surface area contributed by atoms with Crippen LogP contribution in [0.2, 0.25) is 0 Å². The number of amides is 2. The van der Waals surface area contributed by atoms with Gasteiger partial charge in [0.05, 0.1) is 16.1 Å². The fraction of sp³-hybridized carbons (Fsp3) is 0.100. The van der Waals surface area contributed by atoms with Crippen LogP contribution in [0.3, 0.4) is 0 Å². The van der Waals surface area contributed by atoms with E-state index in [1.807, 2.05) is 17.5 Å². The van der Waals surface area contributed by atoms with Gasteiger partial charge < -0.3 is 4.42 Å². The molecule has 0 aliphatic carbocycles. The molecule has 0 saturated carbocycles. The number of halogens is 1. The van der Waals surface area contributed by atoms with Crippen molar-refractivity contribution >= 4 is 23.2 Å². The van der Waals surface area contributed by atoms with Crippen LogP contribution in [0.4, 0.5) is 4.39 Å². The monoisotopic (exact) mass is 425 g/mol. The quantitative estimate of drug-likeness (QED) is 0.488. The Morgan fingerprint density at radius 3 is 2.47 bits per heavy atom. The normalized spacial score (nSPS) is 10.8. The Kier molecular flexibility index (Phi) is 5.15. The molecule has 30 heavy (non-hydrogen) atoms. The van der Waals surface area contributed by atoms with Crippen LogP contribution in [-0.2, 0) is 0 Å². The minimum absolute atomic E-state index is 0.150. The molecular formula is C20H16FN5O3S. The Labute approximate surface area is 174 Å². The van der Waals surface area contributed by atoms with Crippen LogP contribution in [0.15, 0.2) is 52.3 Å². The average molecular weight is 425 g/mol. The number of thiophene rings is 1. The van der Waals surface area contributed by atoms with Gasteiger partial charge in [0.2, 0.25) is 5.82 Å². The summed E-state index contributed by atoms with van der Waals surface area (Å²) < 4.78 is 20.1. The molecule has 0 spiro atoms. The molecule has 152 valence electrons. The largest absolute Gasteiger partial charge is 0.466 e. The van der Waals surface area contributed by atoms with Crippen LogP contribution < -0.4 is 10.9 Å². The van der Waals surface area contributed by atoms with Crippen molar-refractivity contribution < 1.29 is 18.4 Å². The van der Waals surface area contributed by atoms with Gasteiger partial charge in [-0.05, 0) is 55.6 Å². The van der Waals surface area contributed by atoms with E-state index in [-0.39, 0.29) is 11.6 Å². The minimum Gasteiger partial charge on any atom is -0.466 e. The lowest BCUT2D eigenvalue weighted by atomic mass is 10.2. The summed E-state index contributed by atoms with van der Waals surface area (Å²) in [6.45, 7) is 3.38. The van der Waals surface area contributed by atoms with Gasteiger partial charge in [-0.3, -0.25) is 20.4 Å². The fourth-order valence-electron chi connectivity index (χ4n) is 2.83. The predicted molar refractivity (Wildman–Crippen MR) is 108 cm³/mol. The maximum absolute atomic E-state index is 13.3. The van der Waals surface area contributed by atoms with Gasteiger partial charge in [-0.1, -0.05) is 6.07 Å². The molecule has 8 nitrogen and oxygen atoms in total. The third-order valence-corrected chi connectivity index (χ3v) is 5.06. The van der Waals surface area contributed by atoms with Crippen LogP contribution in [0.5, 0.6) is 0 Å². The molecule has 4 rings (SSSR count). The Balaban J connectivity index is 1.58. The number of hydrogen-bond acceptors (Lipinski definition) is 6. The van der Waals surface area contributed by atoms with Crippen molar-refractivity contribution in [3.05, 3.63) is 76.6 Å². The molecule has 0 bridgehead atoms. The molecular weight excluding hydrogens is 409 g/mol. The lowest BCUT2D eigenvalue weighted by Gasteiger charge is -2.04. The summed E-state index contributed by atoms with van der Waals surface area (Å²) >= 11 is 1.42. The zero-order valence-electron chi connectivity index (χ0n) is 16.0. The first-order valence-corrected chi connectivity index (χ1v) is 9.75. The Morgan fingerprint density at radius 1 is 1.10 bits per heavy atom. The third kappa shape index (κ3) is 3.85. The average Bonchev–Trinajstić information content (AvgIpc) is 3.45. The number of carbonyl (C=O) groups excluding carboxylic acids is 2. The second-order valence-corrected chi connectivity index (χ2v) is 7.31. The lowest BCUT2D eigenvalue weighted by molar-refractivity contribution is 0.0840. The number of hydrazine groups is 1. The molecule has 0 radical (unpaired) electrons. The second-order valence-electron chi connectivity index (χ2n) is 6.36. The van der Waals surface area contributed by atoms with Crippen LogP contribution in [0, 0.1) is 19.7 Å². The summed E-state index contributed by atoms with van der Waals surface area (Å²) in [5.74, 6) is -0.296. The number of nitrogens with zero attached hydrogens (tertiary/aromatic N) is 3. The van der Waals surface area contributed by atoms with Crippen LogP contribution >= 0.6 is 11.3 Å². The molecule has 4 aromatic rings. The minimum atomic E-state index is -0.695. The highest BCUT2D eigenvalue weighted by atomic mass is 32.1. The maximum Gasteiger partial charge on any atom is 0.309 e. The van der Waals surface area contributed by atoms with E-state index in [1.165, 1.54) is 40.3 Å². The van der Waals surface area contributed by atoms with E-state index in [4.69, 9.17) is 4.42 Å². The van der Waals surface area contributed by atoms with Gasteiger partial charge in [0.15, 0.2) is 5.82 Å². The SMILES string of the molecule is Cc1cc(C(=O)NNC(=O)c2nc(-c3cccs3)n(-c3ccc(F)cc3)n2)c(C)o1. The highest BCUT2D eigenvalue weighted by molar-refractivity contribution is 7.13. The van der Waals surface area contributed by atoms with Crippen molar-refractivity contribution in [3.63, 3.8) is 0 Å². The van der Waals surface area contributed by atoms with Gasteiger partial charge in [0.25, 0.3) is 5.91 Å². The van der Waals surface area contributed by atoms with Crippen LogP contribution in [0.25, 0.3) is 16.4 Å². The molecule has 0 aliphatic rings. The Bertz CT molecular complexity index is 1210. The molecule has 0 atom stereocenters. The first kappa shape index (κ1) is 19.5. The first-order chi connectivity index (χ1) is 14.4. The summed E-state index contributed by atoms with van der Waals surface area (Å²) in [5, 5.41) is 6.12. The summed E-state index contributed by atoms with van der Waals surface area (Å²) in [5.41, 5.74) is 5.49. The number of aromatic nitrogens is 3. The summed E-state index contributed by atoms with van der Waals surface area (Å²) in [6, 6.07) is 10.9. The van der Waals surface area contributed by atoms with Crippen LogP contribution in [-0.4, -0.2) is 26.6 Å². The van der Waals surface area contributed by atoms with E-state index in [2.05, 4.69) is 20.9 Å². The number of benzene rings is 1. The number of furan rings is 1. The second kappa shape index (κ2) is 7.91. The first-order valence-electron chi connectivity index (χ1n) is 8.87. The van der Waals surface area contributed by atoms with E-state index in [0.29, 0.717) is 28.6 Å². The molecule has 0 unspecified atom stereocenters. The molecule has 0 fully saturated rings. The zero-order valence-corrected chi connectivity index (χ0v) is 16.8.